The maximum atomic E-state index is 12.9. The Morgan fingerprint density at radius 3 is 2.56 bits per heavy atom. The molecule has 1 N–H and O–H groups in total. The summed E-state index contributed by atoms with van der Waals surface area (Å²) in [6.45, 7) is 3.50. The Morgan fingerprint density at radius 2 is 1.82 bits per heavy atom. The van der Waals surface area contributed by atoms with Gasteiger partial charge < -0.3 is 14.4 Å². The Hall–Kier alpha value is -2.97. The normalized spacial score (nSPS) is 15.9. The Morgan fingerprint density at radius 1 is 1.09 bits per heavy atom. The highest BCUT2D eigenvalue weighted by Gasteiger charge is 2.29. The number of fused-ring (bicyclic) bond motifs is 1. The molecule has 1 aliphatic rings. The molecule has 34 heavy (non-hydrogen) atoms. The van der Waals surface area contributed by atoms with E-state index in [1.807, 2.05) is 31.2 Å². The topological polar surface area (TPSA) is 84.9 Å². The lowest BCUT2D eigenvalue weighted by atomic mass is 10.1. The molecule has 1 saturated heterocycles. The average molecular weight is 503 g/mol. The maximum Gasteiger partial charge on any atom is 0.409 e. The van der Waals surface area contributed by atoms with Gasteiger partial charge in [0, 0.05) is 28.8 Å². The Labute approximate surface area is 204 Å². The molecule has 3 aromatic carbocycles. The summed E-state index contributed by atoms with van der Waals surface area (Å²) in [5.41, 5.74) is 0.449. The molecule has 0 aromatic heterocycles. The van der Waals surface area contributed by atoms with Crippen molar-refractivity contribution in [2.24, 2.45) is 0 Å². The fraction of sp³-hybridized carbons (Fsp3) is 0.320. The van der Waals surface area contributed by atoms with Crippen molar-refractivity contribution in [1.29, 1.82) is 0 Å². The molecule has 1 heterocycles. The smallest absolute Gasteiger partial charge is 0.409 e. The number of amides is 1. The number of anilines is 1. The van der Waals surface area contributed by atoms with Gasteiger partial charge in [-0.3, -0.25) is 4.72 Å². The number of carbonyl (C=O) groups is 1. The van der Waals surface area contributed by atoms with Gasteiger partial charge in [-0.2, -0.15) is 0 Å². The number of carbonyl (C=O) groups excluding carboxylic acids is 1. The highest BCUT2D eigenvalue weighted by molar-refractivity contribution is 7.92. The summed E-state index contributed by atoms with van der Waals surface area (Å²) in [4.78, 5) is 14.0. The van der Waals surface area contributed by atoms with Gasteiger partial charge in [0.2, 0.25) is 0 Å². The van der Waals surface area contributed by atoms with Crippen molar-refractivity contribution in [3.05, 3.63) is 65.7 Å². The van der Waals surface area contributed by atoms with Gasteiger partial charge in [-0.25, -0.2) is 13.2 Å². The van der Waals surface area contributed by atoms with Crippen molar-refractivity contribution in [3.63, 3.8) is 0 Å². The van der Waals surface area contributed by atoms with E-state index in [-0.39, 0.29) is 17.1 Å². The van der Waals surface area contributed by atoms with Crippen molar-refractivity contribution in [2.75, 3.05) is 24.4 Å². The third kappa shape index (κ3) is 5.56. The van der Waals surface area contributed by atoms with Crippen LogP contribution >= 0.6 is 11.6 Å². The molecule has 0 unspecified atom stereocenters. The maximum absolute atomic E-state index is 12.9. The fourth-order valence-corrected chi connectivity index (χ4v) is 5.05. The number of hydrogen-bond donors (Lipinski definition) is 1. The Balaban J connectivity index is 1.50. The zero-order valence-corrected chi connectivity index (χ0v) is 20.4. The third-order valence-corrected chi connectivity index (χ3v) is 7.31. The molecule has 0 aliphatic carbocycles. The van der Waals surface area contributed by atoms with Crippen LogP contribution < -0.4 is 9.46 Å². The standard InChI is InChI=1S/C25H27ClN2O5S/c1-2-3-16-32-25(29)28-15-14-19(17-28)33-24-13-12-23(21-6-4-5-7-22(21)24)27-34(30,31)20-10-8-18(26)9-11-20/h4-13,19,27H,2-3,14-17H2,1H3/t19-/m1/s1. The molecule has 1 atom stereocenters. The molecule has 9 heteroatoms. The van der Waals surface area contributed by atoms with E-state index < -0.39 is 10.0 Å². The van der Waals surface area contributed by atoms with Crippen LogP contribution in [0.15, 0.2) is 65.6 Å². The van der Waals surface area contributed by atoms with Gasteiger partial charge in [-0.1, -0.05) is 49.2 Å². The SMILES string of the molecule is CCCCOC(=O)N1CC[C@@H](Oc2ccc(NS(=O)(=O)c3ccc(Cl)cc3)c3ccccc23)C1. The summed E-state index contributed by atoms with van der Waals surface area (Å²) in [5, 5.41) is 1.96. The predicted octanol–water partition coefficient (Wildman–Crippen LogP) is 5.68. The average Bonchev–Trinajstić information content (AvgIpc) is 3.30. The first-order valence-corrected chi connectivity index (χ1v) is 13.1. The largest absolute Gasteiger partial charge is 0.488 e. The van der Waals surface area contributed by atoms with Crippen molar-refractivity contribution >= 4 is 44.2 Å². The van der Waals surface area contributed by atoms with Crippen molar-refractivity contribution in [2.45, 2.75) is 37.2 Å². The molecule has 0 saturated carbocycles. The molecule has 3 aromatic rings. The molecule has 180 valence electrons. The van der Waals surface area contributed by atoms with E-state index in [1.54, 1.807) is 17.0 Å². The number of nitrogens with one attached hydrogen (secondary N) is 1. The quantitative estimate of drug-likeness (QED) is 0.400. The monoisotopic (exact) mass is 502 g/mol. The Kier molecular flexibility index (Phi) is 7.48. The van der Waals surface area contributed by atoms with Crippen molar-refractivity contribution < 1.29 is 22.7 Å². The van der Waals surface area contributed by atoms with Crippen LogP contribution in [0.4, 0.5) is 10.5 Å². The van der Waals surface area contributed by atoms with Crippen LogP contribution in [0.25, 0.3) is 10.8 Å². The van der Waals surface area contributed by atoms with E-state index in [1.165, 1.54) is 24.3 Å². The second-order valence-corrected chi connectivity index (χ2v) is 10.3. The molecular formula is C25H27ClN2O5S. The summed E-state index contributed by atoms with van der Waals surface area (Å²) in [6.07, 6.45) is 2.04. The van der Waals surface area contributed by atoms with E-state index in [4.69, 9.17) is 21.1 Å². The van der Waals surface area contributed by atoms with Gasteiger partial charge in [-0.05, 0) is 42.8 Å². The van der Waals surface area contributed by atoms with E-state index >= 15 is 0 Å². The molecule has 0 spiro atoms. The highest BCUT2D eigenvalue weighted by atomic mass is 35.5. The van der Waals surface area contributed by atoms with Gasteiger partial charge in [0.1, 0.15) is 11.9 Å². The van der Waals surface area contributed by atoms with Crippen molar-refractivity contribution in [3.8, 4) is 5.75 Å². The number of hydrogen-bond acceptors (Lipinski definition) is 5. The van der Waals surface area contributed by atoms with Crippen LogP contribution in [-0.4, -0.2) is 45.2 Å². The molecule has 0 bridgehead atoms. The van der Waals surface area contributed by atoms with Gasteiger partial charge in [0.25, 0.3) is 10.0 Å². The van der Waals surface area contributed by atoms with Crippen LogP contribution in [-0.2, 0) is 14.8 Å². The van der Waals surface area contributed by atoms with Gasteiger partial charge >= 0.3 is 6.09 Å². The minimum atomic E-state index is -3.79. The van der Waals surface area contributed by atoms with Gasteiger partial charge in [0.05, 0.1) is 23.7 Å². The summed E-state index contributed by atoms with van der Waals surface area (Å²) >= 11 is 5.88. The lowest BCUT2D eigenvalue weighted by Crippen LogP contribution is -2.31. The van der Waals surface area contributed by atoms with Crippen LogP contribution in [0.5, 0.6) is 5.75 Å². The number of halogens is 1. The van der Waals surface area contributed by atoms with Crippen LogP contribution in [0.1, 0.15) is 26.2 Å². The number of likely N-dealkylation sites (tertiary alicyclic amines) is 1. The molecule has 4 rings (SSSR count). The number of unbranched alkanes of at least 4 members (excludes halogenated alkanes) is 1. The first-order valence-electron chi connectivity index (χ1n) is 11.3. The van der Waals surface area contributed by atoms with Gasteiger partial charge in [-0.15, -0.1) is 0 Å². The number of sulfonamides is 1. The van der Waals surface area contributed by atoms with Crippen LogP contribution in [0.2, 0.25) is 5.02 Å². The zero-order valence-electron chi connectivity index (χ0n) is 18.9. The number of nitrogens with zero attached hydrogens (tertiary/aromatic N) is 1. The van der Waals surface area contributed by atoms with Crippen LogP contribution in [0, 0.1) is 0 Å². The molecule has 1 fully saturated rings. The highest BCUT2D eigenvalue weighted by Crippen LogP contribution is 2.34. The first kappa shape index (κ1) is 24.2. The third-order valence-electron chi connectivity index (χ3n) is 5.67. The molecular weight excluding hydrogens is 476 g/mol. The first-order chi connectivity index (χ1) is 16.4. The van der Waals surface area contributed by atoms with E-state index in [9.17, 15) is 13.2 Å². The lowest BCUT2D eigenvalue weighted by Gasteiger charge is -2.19. The van der Waals surface area contributed by atoms with E-state index in [0.717, 1.165) is 18.2 Å². The summed E-state index contributed by atoms with van der Waals surface area (Å²) in [5.74, 6) is 0.635. The second-order valence-electron chi connectivity index (χ2n) is 8.16. The molecule has 7 nitrogen and oxygen atoms in total. The molecule has 1 aliphatic heterocycles. The predicted molar refractivity (Wildman–Crippen MR) is 133 cm³/mol. The number of benzene rings is 3. The van der Waals surface area contributed by atoms with Crippen molar-refractivity contribution in [1.82, 2.24) is 4.90 Å². The van der Waals surface area contributed by atoms with E-state index in [0.29, 0.717) is 48.0 Å². The Bertz CT molecular complexity index is 1260. The lowest BCUT2D eigenvalue weighted by molar-refractivity contribution is 0.104. The fourth-order valence-electron chi connectivity index (χ4n) is 3.85. The number of ether oxygens (including phenoxy) is 2. The summed E-state index contributed by atoms with van der Waals surface area (Å²) in [6, 6.07) is 16.9. The minimum absolute atomic E-state index is 0.123. The van der Waals surface area contributed by atoms with Crippen LogP contribution in [0.3, 0.4) is 0 Å². The zero-order chi connectivity index (χ0) is 24.1. The summed E-state index contributed by atoms with van der Waals surface area (Å²) < 4.78 is 40.0. The summed E-state index contributed by atoms with van der Waals surface area (Å²) in [7, 11) is -3.79. The number of rotatable bonds is 8. The molecule has 0 radical (unpaired) electrons. The second kappa shape index (κ2) is 10.5. The minimum Gasteiger partial charge on any atom is -0.488 e. The van der Waals surface area contributed by atoms with E-state index in [2.05, 4.69) is 4.72 Å². The molecule has 1 amide bonds. The van der Waals surface area contributed by atoms with Gasteiger partial charge in [0.15, 0.2) is 0 Å².